The van der Waals surface area contributed by atoms with Crippen LogP contribution in [0.3, 0.4) is 0 Å². The second-order valence-corrected chi connectivity index (χ2v) is 5.84. The minimum absolute atomic E-state index is 0. The molecule has 0 aliphatic heterocycles. The molecule has 3 rings (SSSR count). The summed E-state index contributed by atoms with van der Waals surface area (Å²) in [6.45, 7) is 0.383. The number of amides is 1. The molecular weight excluding hydrogens is 461 g/mol. The zero-order valence-corrected chi connectivity index (χ0v) is 17.3. The van der Waals surface area contributed by atoms with E-state index in [1.165, 1.54) is 18.5 Å². The Kier molecular flexibility index (Phi) is 9.70. The highest BCUT2D eigenvalue weighted by atomic mass is 35.5. The first-order valence-electron chi connectivity index (χ1n) is 8.44. The van der Waals surface area contributed by atoms with E-state index in [-0.39, 0.29) is 49.4 Å². The molecule has 0 radical (unpaired) electrons. The third kappa shape index (κ3) is 5.63. The zero-order chi connectivity index (χ0) is 21.0. The molecule has 166 valence electrons. The molecule has 1 aromatic heterocycles. The van der Waals surface area contributed by atoms with E-state index in [9.17, 15) is 22.4 Å². The fourth-order valence-corrected chi connectivity index (χ4v) is 2.65. The van der Waals surface area contributed by atoms with Gasteiger partial charge in [-0.25, -0.2) is 17.6 Å². The van der Waals surface area contributed by atoms with Crippen LogP contribution in [-0.4, -0.2) is 24.0 Å². The Hall–Kier alpha value is -2.88. The molecule has 0 aliphatic carbocycles. The highest BCUT2D eigenvalue weighted by Crippen LogP contribution is 2.33. The number of nitrogens with one attached hydrogen (secondary N) is 1. The molecule has 0 aliphatic rings. The summed E-state index contributed by atoms with van der Waals surface area (Å²) in [4.78, 5) is 16.4. The maximum Gasteiger partial charge on any atom is 0.258 e. The number of aromatic nitrogens is 1. The molecule has 0 atom stereocenters. The molecule has 11 heteroatoms. The predicted octanol–water partition coefficient (Wildman–Crippen LogP) is 4.74. The Balaban J connectivity index is 0.00000240. The quantitative estimate of drug-likeness (QED) is 0.502. The third-order valence-electron chi connectivity index (χ3n) is 3.95. The smallest absolute Gasteiger partial charge is 0.258 e. The van der Waals surface area contributed by atoms with E-state index in [1.807, 2.05) is 0 Å². The van der Waals surface area contributed by atoms with Crippen molar-refractivity contribution in [1.82, 2.24) is 4.98 Å². The monoisotopic (exact) mass is 477 g/mol. The van der Waals surface area contributed by atoms with Gasteiger partial charge < -0.3 is 15.8 Å². The van der Waals surface area contributed by atoms with Gasteiger partial charge in [0.2, 0.25) is 0 Å². The number of benzene rings is 2. The molecule has 2 aromatic carbocycles. The number of nitrogens with two attached hydrogens (primary N) is 1. The van der Waals surface area contributed by atoms with Gasteiger partial charge in [0.15, 0.2) is 0 Å². The van der Waals surface area contributed by atoms with E-state index in [0.29, 0.717) is 0 Å². The van der Waals surface area contributed by atoms with Gasteiger partial charge in [-0.1, -0.05) is 6.07 Å². The van der Waals surface area contributed by atoms with Crippen LogP contribution in [0.4, 0.5) is 23.2 Å². The van der Waals surface area contributed by atoms with Crippen LogP contribution >= 0.6 is 24.8 Å². The fraction of sp³-hybridized carbons (Fsp3) is 0.100. The number of hydrogen-bond donors (Lipinski definition) is 2. The summed E-state index contributed by atoms with van der Waals surface area (Å²) in [5.41, 5.74) is 3.01. The molecule has 1 heterocycles. The van der Waals surface area contributed by atoms with Crippen molar-refractivity contribution in [2.75, 3.05) is 18.5 Å². The Bertz CT molecular complexity index is 1050. The van der Waals surface area contributed by atoms with Crippen LogP contribution in [0.5, 0.6) is 5.75 Å². The number of halogens is 6. The lowest BCUT2D eigenvalue weighted by atomic mass is 9.99. The number of ether oxygens (including phenoxy) is 1. The molecule has 0 unspecified atom stereocenters. The largest absolute Gasteiger partial charge is 0.490 e. The van der Waals surface area contributed by atoms with Crippen molar-refractivity contribution < 1.29 is 27.1 Å². The minimum Gasteiger partial charge on any atom is -0.490 e. The van der Waals surface area contributed by atoms with E-state index in [1.54, 1.807) is 0 Å². The molecule has 3 aromatic rings. The first-order chi connectivity index (χ1) is 13.9. The lowest BCUT2D eigenvalue weighted by Gasteiger charge is -2.13. The molecule has 1 amide bonds. The van der Waals surface area contributed by atoms with Crippen molar-refractivity contribution in [3.63, 3.8) is 0 Å². The maximum absolute atomic E-state index is 14.9. The van der Waals surface area contributed by atoms with E-state index in [2.05, 4.69) is 10.3 Å². The highest BCUT2D eigenvalue weighted by Gasteiger charge is 2.25. The lowest BCUT2D eigenvalue weighted by Crippen LogP contribution is -2.17. The standard InChI is InChI=1S/C20H15F4N3O2.2ClH/c21-12-2-1-3-13(22)17(12)18-14(23)5-4-11(19(18)24)20(28)27-15-10-26-8-6-16(15)29-9-7-25;;/h1-6,8,10H,7,9,25H2,(H,27,28);2*1H. The van der Waals surface area contributed by atoms with Crippen molar-refractivity contribution in [2.45, 2.75) is 0 Å². The van der Waals surface area contributed by atoms with Crippen LogP contribution in [0.1, 0.15) is 10.4 Å². The van der Waals surface area contributed by atoms with Crippen molar-refractivity contribution in [1.29, 1.82) is 0 Å². The van der Waals surface area contributed by atoms with Crippen LogP contribution in [-0.2, 0) is 0 Å². The van der Waals surface area contributed by atoms with Gasteiger partial charge in [0, 0.05) is 18.8 Å². The summed E-state index contributed by atoms with van der Waals surface area (Å²) in [6.07, 6.45) is 2.68. The Morgan fingerprint density at radius 2 is 1.61 bits per heavy atom. The van der Waals surface area contributed by atoms with Crippen LogP contribution in [0.2, 0.25) is 0 Å². The lowest BCUT2D eigenvalue weighted by molar-refractivity contribution is 0.102. The Morgan fingerprint density at radius 3 is 2.26 bits per heavy atom. The molecule has 0 saturated heterocycles. The molecule has 5 nitrogen and oxygen atoms in total. The van der Waals surface area contributed by atoms with Gasteiger partial charge in [0.1, 0.15) is 41.3 Å². The first-order valence-corrected chi connectivity index (χ1v) is 8.44. The van der Waals surface area contributed by atoms with Crippen LogP contribution in [0.15, 0.2) is 48.8 Å². The number of hydrogen-bond acceptors (Lipinski definition) is 4. The average molecular weight is 478 g/mol. The molecular formula is C20H17Cl2F4N3O2. The third-order valence-corrected chi connectivity index (χ3v) is 3.95. The number of anilines is 1. The molecule has 3 N–H and O–H groups in total. The summed E-state index contributed by atoms with van der Waals surface area (Å²) in [5, 5.41) is 2.39. The molecule has 0 spiro atoms. The van der Waals surface area contributed by atoms with E-state index < -0.39 is 45.9 Å². The fourth-order valence-electron chi connectivity index (χ4n) is 2.65. The number of pyridine rings is 1. The minimum atomic E-state index is -1.40. The second kappa shape index (κ2) is 11.5. The number of carbonyl (C=O) groups excluding carboxylic acids is 1. The summed E-state index contributed by atoms with van der Waals surface area (Å²) >= 11 is 0. The molecule has 0 bridgehead atoms. The van der Waals surface area contributed by atoms with E-state index >= 15 is 0 Å². The van der Waals surface area contributed by atoms with E-state index in [0.717, 1.165) is 30.3 Å². The summed E-state index contributed by atoms with van der Waals surface area (Å²) in [5.74, 6) is -5.68. The van der Waals surface area contributed by atoms with Crippen LogP contribution < -0.4 is 15.8 Å². The summed E-state index contributed by atoms with van der Waals surface area (Å²) in [7, 11) is 0. The zero-order valence-electron chi connectivity index (χ0n) is 15.7. The van der Waals surface area contributed by atoms with Gasteiger partial charge in [-0.05, 0) is 24.3 Å². The van der Waals surface area contributed by atoms with Crippen molar-refractivity contribution in [3.8, 4) is 16.9 Å². The van der Waals surface area contributed by atoms with Gasteiger partial charge in [0.25, 0.3) is 5.91 Å². The highest BCUT2D eigenvalue weighted by molar-refractivity contribution is 6.05. The van der Waals surface area contributed by atoms with Crippen molar-refractivity contribution in [3.05, 3.63) is 77.6 Å². The molecule has 0 fully saturated rings. The van der Waals surface area contributed by atoms with Crippen molar-refractivity contribution in [2.24, 2.45) is 5.73 Å². The summed E-state index contributed by atoms with van der Waals surface area (Å²) in [6, 6.07) is 5.88. The molecule has 0 saturated carbocycles. The predicted molar refractivity (Wildman–Crippen MR) is 113 cm³/mol. The normalized spacial score (nSPS) is 9.97. The number of nitrogens with zero attached hydrogens (tertiary/aromatic N) is 1. The van der Waals surface area contributed by atoms with Crippen LogP contribution in [0.25, 0.3) is 11.1 Å². The van der Waals surface area contributed by atoms with Crippen molar-refractivity contribution >= 4 is 36.4 Å². The first kappa shape index (κ1) is 26.2. The molecule has 31 heavy (non-hydrogen) atoms. The Morgan fingerprint density at radius 1 is 0.968 bits per heavy atom. The second-order valence-electron chi connectivity index (χ2n) is 5.84. The topological polar surface area (TPSA) is 77.2 Å². The van der Waals surface area contributed by atoms with Crippen LogP contribution in [0, 0.1) is 23.3 Å². The number of rotatable bonds is 6. The SMILES string of the molecule is Cl.Cl.NCCOc1ccncc1NC(=O)c1ccc(F)c(-c2c(F)cccc2F)c1F. The average Bonchev–Trinajstić information content (AvgIpc) is 2.69. The van der Waals surface area contributed by atoms with E-state index in [4.69, 9.17) is 10.5 Å². The van der Waals surface area contributed by atoms with Gasteiger partial charge >= 0.3 is 0 Å². The van der Waals surface area contributed by atoms with Gasteiger partial charge in [0.05, 0.1) is 22.9 Å². The summed E-state index contributed by atoms with van der Waals surface area (Å²) < 4.78 is 62.6. The number of carbonyl (C=O) groups is 1. The van der Waals surface area contributed by atoms with Gasteiger partial charge in [-0.15, -0.1) is 24.8 Å². The van der Waals surface area contributed by atoms with Gasteiger partial charge in [-0.2, -0.15) is 0 Å². The van der Waals surface area contributed by atoms with Gasteiger partial charge in [-0.3, -0.25) is 9.78 Å². The maximum atomic E-state index is 14.9. The Labute approximate surface area is 187 Å².